The number of rotatable bonds is 4. The lowest BCUT2D eigenvalue weighted by Gasteiger charge is -2.17. The fraction of sp³-hybridized carbons (Fsp3) is 0.250. The molecule has 0 aromatic heterocycles. The van der Waals surface area contributed by atoms with Gasteiger partial charge in [0, 0.05) is 17.2 Å². The molecule has 21 heavy (non-hydrogen) atoms. The van der Waals surface area contributed by atoms with E-state index in [9.17, 15) is 8.78 Å². The molecular formula is C16H15F2NO2. The first-order chi connectivity index (χ1) is 10.1. The van der Waals surface area contributed by atoms with Gasteiger partial charge < -0.3 is 15.2 Å². The predicted octanol–water partition coefficient (Wildman–Crippen LogP) is 3.25. The van der Waals surface area contributed by atoms with Gasteiger partial charge in [0.15, 0.2) is 6.61 Å². The van der Waals surface area contributed by atoms with Crippen molar-refractivity contribution in [2.45, 2.75) is 12.0 Å². The van der Waals surface area contributed by atoms with Gasteiger partial charge in [0.2, 0.25) is 0 Å². The molecule has 1 aliphatic rings. The average Bonchev–Trinajstić information content (AvgIpc) is 2.87. The number of nitrogens with two attached hydrogens (primary N) is 1. The summed E-state index contributed by atoms with van der Waals surface area (Å²) in [6.07, 6.45) is 0. The first-order valence-corrected chi connectivity index (χ1v) is 6.65. The highest BCUT2D eigenvalue weighted by molar-refractivity contribution is 5.44. The monoisotopic (exact) mass is 291 g/mol. The molecule has 0 radical (unpaired) electrons. The van der Waals surface area contributed by atoms with Crippen LogP contribution in [0.5, 0.6) is 11.5 Å². The van der Waals surface area contributed by atoms with Gasteiger partial charge in [-0.15, -0.1) is 0 Å². The third-order valence-corrected chi connectivity index (χ3v) is 3.42. The van der Waals surface area contributed by atoms with E-state index in [-0.39, 0.29) is 11.6 Å². The summed E-state index contributed by atoms with van der Waals surface area (Å²) in [6.45, 7) is -0.319. The van der Waals surface area contributed by atoms with Crippen molar-refractivity contribution >= 4 is 0 Å². The summed E-state index contributed by atoms with van der Waals surface area (Å²) >= 11 is 0. The third kappa shape index (κ3) is 2.83. The Bertz CT molecular complexity index is 631. The maximum Gasteiger partial charge on any atom is 0.306 e. The number of fused-ring (bicyclic) bond motifs is 1. The summed E-state index contributed by atoms with van der Waals surface area (Å²) in [6, 6.07) is 12.4. The Balaban J connectivity index is 1.71. The fourth-order valence-corrected chi connectivity index (χ4v) is 2.24. The molecule has 0 saturated carbocycles. The van der Waals surface area contributed by atoms with Gasteiger partial charge in [-0.2, -0.15) is 8.78 Å². The van der Waals surface area contributed by atoms with Crippen LogP contribution in [0.3, 0.4) is 0 Å². The van der Waals surface area contributed by atoms with Crippen LogP contribution < -0.4 is 15.2 Å². The van der Waals surface area contributed by atoms with E-state index in [0.29, 0.717) is 18.1 Å². The summed E-state index contributed by atoms with van der Waals surface area (Å²) in [5, 5.41) is 0. The van der Waals surface area contributed by atoms with Crippen molar-refractivity contribution in [1.29, 1.82) is 0 Å². The molecule has 0 fully saturated rings. The first kappa shape index (κ1) is 13.8. The maximum atomic E-state index is 14.0. The van der Waals surface area contributed by atoms with Crippen molar-refractivity contribution in [2.75, 3.05) is 13.2 Å². The second-order valence-electron chi connectivity index (χ2n) is 4.98. The van der Waals surface area contributed by atoms with E-state index in [4.69, 9.17) is 15.2 Å². The molecule has 2 N–H and O–H groups in total. The smallest absolute Gasteiger partial charge is 0.306 e. The zero-order valence-electron chi connectivity index (χ0n) is 11.3. The maximum absolute atomic E-state index is 14.0. The van der Waals surface area contributed by atoms with Gasteiger partial charge in [0.25, 0.3) is 0 Å². The average molecular weight is 291 g/mol. The SMILES string of the molecule is NC1COc2cc(OCC(F)(F)c3ccccc3)ccc21. The van der Waals surface area contributed by atoms with Crippen LogP contribution in [0.2, 0.25) is 0 Å². The van der Waals surface area contributed by atoms with Gasteiger partial charge in [0.1, 0.15) is 18.1 Å². The van der Waals surface area contributed by atoms with Crippen molar-refractivity contribution in [3.8, 4) is 11.5 Å². The molecule has 110 valence electrons. The highest BCUT2D eigenvalue weighted by Gasteiger charge is 2.32. The van der Waals surface area contributed by atoms with Gasteiger partial charge in [-0.3, -0.25) is 0 Å². The molecule has 0 saturated heterocycles. The van der Waals surface area contributed by atoms with Gasteiger partial charge in [-0.25, -0.2) is 0 Å². The lowest BCUT2D eigenvalue weighted by Crippen LogP contribution is -2.23. The Hall–Kier alpha value is -2.14. The quantitative estimate of drug-likeness (QED) is 0.940. The minimum Gasteiger partial charge on any atom is -0.491 e. The molecule has 5 heteroatoms. The summed E-state index contributed by atoms with van der Waals surface area (Å²) < 4.78 is 38.6. The molecule has 0 bridgehead atoms. The van der Waals surface area contributed by atoms with Crippen LogP contribution in [0.4, 0.5) is 8.78 Å². The highest BCUT2D eigenvalue weighted by Crippen LogP contribution is 2.35. The molecule has 1 unspecified atom stereocenters. The lowest BCUT2D eigenvalue weighted by atomic mass is 10.1. The molecule has 1 aliphatic heterocycles. The van der Waals surface area contributed by atoms with Gasteiger partial charge in [-0.1, -0.05) is 30.3 Å². The largest absolute Gasteiger partial charge is 0.491 e. The zero-order valence-corrected chi connectivity index (χ0v) is 11.3. The fourth-order valence-electron chi connectivity index (χ4n) is 2.24. The Labute approximate surface area is 121 Å². The lowest BCUT2D eigenvalue weighted by molar-refractivity contribution is -0.0467. The minimum atomic E-state index is -3.04. The van der Waals surface area contributed by atoms with E-state index in [1.54, 1.807) is 36.4 Å². The summed E-state index contributed by atoms with van der Waals surface area (Å²) in [5.41, 5.74) is 6.64. The highest BCUT2D eigenvalue weighted by atomic mass is 19.3. The van der Waals surface area contributed by atoms with Crippen LogP contribution in [0.15, 0.2) is 48.5 Å². The van der Waals surface area contributed by atoms with E-state index in [2.05, 4.69) is 0 Å². The minimum absolute atomic E-state index is 0.0653. The van der Waals surface area contributed by atoms with E-state index >= 15 is 0 Å². The molecule has 0 spiro atoms. The molecule has 0 aliphatic carbocycles. The molecule has 2 aromatic carbocycles. The normalized spacial score (nSPS) is 17.2. The number of hydrogen-bond acceptors (Lipinski definition) is 3. The van der Waals surface area contributed by atoms with Crippen LogP contribution in [0.1, 0.15) is 17.2 Å². The van der Waals surface area contributed by atoms with Crippen molar-refractivity contribution in [3.63, 3.8) is 0 Å². The number of alkyl halides is 2. The van der Waals surface area contributed by atoms with Gasteiger partial charge in [0.05, 0.1) is 6.04 Å². The van der Waals surface area contributed by atoms with E-state index < -0.39 is 12.5 Å². The first-order valence-electron chi connectivity index (χ1n) is 6.65. The van der Waals surface area contributed by atoms with Crippen LogP contribution in [-0.2, 0) is 5.92 Å². The van der Waals surface area contributed by atoms with Crippen LogP contribution in [-0.4, -0.2) is 13.2 Å². The Kier molecular flexibility index (Phi) is 3.51. The van der Waals surface area contributed by atoms with E-state index in [1.165, 1.54) is 12.1 Å². The molecule has 2 aromatic rings. The second kappa shape index (κ2) is 5.33. The summed E-state index contributed by atoms with van der Waals surface area (Å²) in [5.74, 6) is -2.10. The number of halogens is 2. The van der Waals surface area contributed by atoms with Crippen LogP contribution >= 0.6 is 0 Å². The molecular weight excluding hydrogens is 276 g/mol. The Morgan fingerprint density at radius 1 is 1.19 bits per heavy atom. The Morgan fingerprint density at radius 2 is 1.95 bits per heavy atom. The van der Waals surface area contributed by atoms with E-state index in [0.717, 1.165) is 5.56 Å². The van der Waals surface area contributed by atoms with Gasteiger partial charge in [-0.05, 0) is 12.1 Å². The summed E-state index contributed by atoms with van der Waals surface area (Å²) in [4.78, 5) is 0. The summed E-state index contributed by atoms with van der Waals surface area (Å²) in [7, 11) is 0. The topological polar surface area (TPSA) is 44.5 Å². The molecule has 1 atom stereocenters. The molecule has 0 amide bonds. The third-order valence-electron chi connectivity index (χ3n) is 3.42. The van der Waals surface area contributed by atoms with E-state index in [1.807, 2.05) is 0 Å². The zero-order chi connectivity index (χ0) is 14.9. The van der Waals surface area contributed by atoms with Crippen molar-refractivity contribution in [3.05, 3.63) is 59.7 Å². The number of hydrogen-bond donors (Lipinski definition) is 1. The van der Waals surface area contributed by atoms with Crippen molar-refractivity contribution in [2.24, 2.45) is 5.73 Å². The number of ether oxygens (including phenoxy) is 2. The molecule has 3 nitrogen and oxygen atoms in total. The van der Waals surface area contributed by atoms with Crippen LogP contribution in [0.25, 0.3) is 0 Å². The van der Waals surface area contributed by atoms with Crippen molar-refractivity contribution in [1.82, 2.24) is 0 Å². The second-order valence-corrected chi connectivity index (χ2v) is 4.98. The standard InChI is InChI=1S/C16H15F2NO2/c17-16(18,11-4-2-1-3-5-11)10-21-12-6-7-13-14(19)9-20-15(13)8-12/h1-8,14H,9-10,19H2. The molecule has 3 rings (SSSR count). The molecule has 1 heterocycles. The van der Waals surface area contributed by atoms with Gasteiger partial charge >= 0.3 is 5.92 Å². The Morgan fingerprint density at radius 3 is 2.71 bits per heavy atom. The number of benzene rings is 2. The predicted molar refractivity (Wildman–Crippen MR) is 74.7 cm³/mol. The van der Waals surface area contributed by atoms with Crippen LogP contribution in [0, 0.1) is 0 Å². The van der Waals surface area contributed by atoms with Crippen molar-refractivity contribution < 1.29 is 18.3 Å².